The van der Waals surface area contributed by atoms with Crippen LogP contribution >= 0.6 is 0 Å². The summed E-state index contributed by atoms with van der Waals surface area (Å²) in [7, 11) is 0. The minimum atomic E-state index is 0.0915. The van der Waals surface area contributed by atoms with Crippen LogP contribution in [-0.2, 0) is 10.2 Å². The number of carbonyl (C=O) groups excluding carboxylic acids is 1. The number of piperazine rings is 1. The minimum Gasteiger partial charge on any atom is -0.381 e. The van der Waals surface area contributed by atoms with E-state index in [0.717, 1.165) is 52.2 Å². The average Bonchev–Trinajstić information content (AvgIpc) is 2.62. The Labute approximate surface area is 150 Å². The Morgan fingerprint density at radius 2 is 1.96 bits per heavy atom. The molecular weight excluding hydrogens is 314 g/mol. The highest BCUT2D eigenvalue weighted by atomic mass is 16.5. The Balaban J connectivity index is 1.49. The largest absolute Gasteiger partial charge is 0.381 e. The molecule has 5 heteroatoms. The predicted molar refractivity (Wildman–Crippen MR) is 97.7 cm³/mol. The molecule has 1 aromatic rings. The Bertz CT molecular complexity index is 640. The van der Waals surface area contributed by atoms with Crippen LogP contribution in [0.1, 0.15) is 43.9 Å². The molecule has 1 N–H and O–H groups in total. The summed E-state index contributed by atoms with van der Waals surface area (Å²) < 4.78 is 5.38. The molecule has 2 amide bonds. The van der Waals surface area contributed by atoms with Gasteiger partial charge in [-0.15, -0.1) is 0 Å². The van der Waals surface area contributed by atoms with Gasteiger partial charge in [0, 0.05) is 50.8 Å². The third kappa shape index (κ3) is 3.27. The standard InChI is InChI=1S/C20H29N3O2/c1-20(2)14-23-10-9-22(19(24)21-15-7-11-25-12-8-15)13-18(23)16-5-3-4-6-17(16)20/h3-6,15,18H,7-14H2,1-2H3,(H,21,24). The number of hydrogen-bond donors (Lipinski definition) is 1. The van der Waals surface area contributed by atoms with Gasteiger partial charge < -0.3 is 15.0 Å². The second-order valence-corrected chi connectivity index (χ2v) is 8.24. The van der Waals surface area contributed by atoms with Crippen molar-refractivity contribution in [2.75, 3.05) is 39.4 Å². The van der Waals surface area contributed by atoms with E-state index in [4.69, 9.17) is 4.74 Å². The van der Waals surface area contributed by atoms with Crippen LogP contribution in [0.3, 0.4) is 0 Å². The minimum absolute atomic E-state index is 0.0915. The summed E-state index contributed by atoms with van der Waals surface area (Å²) in [4.78, 5) is 17.3. The van der Waals surface area contributed by atoms with Crippen molar-refractivity contribution in [1.29, 1.82) is 0 Å². The van der Waals surface area contributed by atoms with E-state index < -0.39 is 0 Å². The number of benzene rings is 1. The van der Waals surface area contributed by atoms with Crippen LogP contribution in [0.4, 0.5) is 4.79 Å². The molecule has 3 aliphatic heterocycles. The highest BCUT2D eigenvalue weighted by molar-refractivity contribution is 5.74. The van der Waals surface area contributed by atoms with Crippen molar-refractivity contribution in [1.82, 2.24) is 15.1 Å². The molecule has 0 radical (unpaired) electrons. The van der Waals surface area contributed by atoms with Crippen LogP contribution < -0.4 is 5.32 Å². The molecule has 1 aromatic carbocycles. The quantitative estimate of drug-likeness (QED) is 0.852. The van der Waals surface area contributed by atoms with Crippen molar-refractivity contribution in [2.24, 2.45) is 0 Å². The number of hydrogen-bond acceptors (Lipinski definition) is 3. The monoisotopic (exact) mass is 343 g/mol. The van der Waals surface area contributed by atoms with Crippen LogP contribution in [0, 0.1) is 0 Å². The van der Waals surface area contributed by atoms with Gasteiger partial charge in [-0.25, -0.2) is 4.79 Å². The summed E-state index contributed by atoms with van der Waals surface area (Å²) >= 11 is 0. The first-order valence-electron chi connectivity index (χ1n) is 9.51. The van der Waals surface area contributed by atoms with Gasteiger partial charge in [-0.3, -0.25) is 4.90 Å². The van der Waals surface area contributed by atoms with Gasteiger partial charge in [0.1, 0.15) is 0 Å². The average molecular weight is 343 g/mol. The van der Waals surface area contributed by atoms with Gasteiger partial charge in [-0.1, -0.05) is 38.1 Å². The molecule has 1 unspecified atom stereocenters. The molecule has 0 bridgehead atoms. The molecule has 0 aromatic heterocycles. The molecule has 3 heterocycles. The smallest absolute Gasteiger partial charge is 0.317 e. The lowest BCUT2D eigenvalue weighted by Gasteiger charge is -2.50. The summed E-state index contributed by atoms with van der Waals surface area (Å²) in [5, 5.41) is 3.21. The lowest BCUT2D eigenvalue weighted by Crippen LogP contribution is -2.58. The number of amides is 2. The zero-order chi connectivity index (χ0) is 17.4. The predicted octanol–water partition coefficient (Wildman–Crippen LogP) is 2.53. The lowest BCUT2D eigenvalue weighted by molar-refractivity contribution is 0.0546. The fraction of sp³-hybridized carbons (Fsp3) is 0.650. The first-order chi connectivity index (χ1) is 12.0. The molecule has 1 atom stereocenters. The normalized spacial score (nSPS) is 26.6. The van der Waals surface area contributed by atoms with Crippen molar-refractivity contribution < 1.29 is 9.53 Å². The molecule has 5 nitrogen and oxygen atoms in total. The molecule has 0 saturated carbocycles. The van der Waals surface area contributed by atoms with E-state index in [1.54, 1.807) is 0 Å². The van der Waals surface area contributed by atoms with Crippen molar-refractivity contribution in [3.8, 4) is 0 Å². The van der Waals surface area contributed by atoms with Gasteiger partial charge >= 0.3 is 6.03 Å². The molecule has 3 aliphatic rings. The van der Waals surface area contributed by atoms with Crippen LogP contribution in [0.25, 0.3) is 0 Å². The summed E-state index contributed by atoms with van der Waals surface area (Å²) in [6.07, 6.45) is 1.85. The SMILES string of the molecule is CC1(C)CN2CCN(C(=O)NC3CCOCC3)CC2c2ccccc21. The van der Waals surface area contributed by atoms with Crippen LogP contribution in [0.15, 0.2) is 24.3 Å². The van der Waals surface area contributed by atoms with Gasteiger partial charge in [0.15, 0.2) is 0 Å². The number of fused-ring (bicyclic) bond motifs is 3. The molecule has 25 heavy (non-hydrogen) atoms. The van der Waals surface area contributed by atoms with E-state index >= 15 is 0 Å². The van der Waals surface area contributed by atoms with Crippen LogP contribution in [0.5, 0.6) is 0 Å². The maximum absolute atomic E-state index is 12.7. The van der Waals surface area contributed by atoms with E-state index in [9.17, 15) is 4.79 Å². The summed E-state index contributed by atoms with van der Waals surface area (Å²) in [6, 6.07) is 9.43. The second kappa shape index (κ2) is 6.61. The topological polar surface area (TPSA) is 44.8 Å². The zero-order valence-corrected chi connectivity index (χ0v) is 15.3. The van der Waals surface area contributed by atoms with E-state index in [2.05, 4.69) is 48.3 Å². The highest BCUT2D eigenvalue weighted by Gasteiger charge is 2.41. The molecule has 0 spiro atoms. The number of ether oxygens (including phenoxy) is 1. The third-order valence-corrected chi connectivity index (χ3v) is 5.97. The molecule has 4 rings (SSSR count). The highest BCUT2D eigenvalue weighted by Crippen LogP contribution is 2.40. The first-order valence-corrected chi connectivity index (χ1v) is 9.51. The molecule has 2 fully saturated rings. The van der Waals surface area contributed by atoms with Gasteiger partial charge in [-0.2, -0.15) is 0 Å². The first kappa shape index (κ1) is 16.9. The number of nitrogens with zero attached hydrogens (tertiary/aromatic N) is 2. The maximum atomic E-state index is 12.7. The van der Waals surface area contributed by atoms with Crippen LogP contribution in [0.2, 0.25) is 0 Å². The van der Waals surface area contributed by atoms with Crippen molar-refractivity contribution in [2.45, 2.75) is 44.2 Å². The summed E-state index contributed by atoms with van der Waals surface area (Å²) in [5.41, 5.74) is 2.99. The number of rotatable bonds is 1. The Morgan fingerprint density at radius 1 is 1.20 bits per heavy atom. The number of nitrogens with one attached hydrogen (secondary N) is 1. The van der Waals surface area contributed by atoms with Crippen molar-refractivity contribution in [3.63, 3.8) is 0 Å². The van der Waals surface area contributed by atoms with Crippen molar-refractivity contribution in [3.05, 3.63) is 35.4 Å². The fourth-order valence-corrected chi connectivity index (χ4v) is 4.59. The maximum Gasteiger partial charge on any atom is 0.317 e. The Kier molecular flexibility index (Phi) is 4.46. The molecule has 2 saturated heterocycles. The van der Waals surface area contributed by atoms with Crippen molar-refractivity contribution >= 4 is 6.03 Å². The van der Waals surface area contributed by atoms with Gasteiger partial charge in [0.05, 0.1) is 6.04 Å². The molecule has 0 aliphatic carbocycles. The summed E-state index contributed by atoms with van der Waals surface area (Å²) in [6.45, 7) is 9.76. The summed E-state index contributed by atoms with van der Waals surface area (Å²) in [5.74, 6) is 0. The van der Waals surface area contributed by atoms with E-state index in [1.165, 1.54) is 11.1 Å². The number of carbonyl (C=O) groups is 1. The van der Waals surface area contributed by atoms with Gasteiger partial charge in [0.25, 0.3) is 0 Å². The van der Waals surface area contributed by atoms with E-state index in [1.807, 2.05) is 4.90 Å². The van der Waals surface area contributed by atoms with E-state index in [-0.39, 0.29) is 17.5 Å². The lowest BCUT2D eigenvalue weighted by atomic mass is 9.75. The molecular formula is C20H29N3O2. The van der Waals surface area contributed by atoms with Gasteiger partial charge in [-0.05, 0) is 24.0 Å². The zero-order valence-electron chi connectivity index (χ0n) is 15.3. The fourth-order valence-electron chi connectivity index (χ4n) is 4.59. The second-order valence-electron chi connectivity index (χ2n) is 8.24. The van der Waals surface area contributed by atoms with Gasteiger partial charge in [0.2, 0.25) is 0 Å². The Morgan fingerprint density at radius 3 is 2.76 bits per heavy atom. The number of urea groups is 1. The molecule has 136 valence electrons. The third-order valence-electron chi connectivity index (χ3n) is 5.97. The Hall–Kier alpha value is -1.59. The van der Waals surface area contributed by atoms with E-state index in [0.29, 0.717) is 6.04 Å². The van der Waals surface area contributed by atoms with Crippen LogP contribution in [-0.4, -0.2) is 61.3 Å².